The number of aromatic nitrogens is 4. The molecule has 1 amide bonds. The van der Waals surface area contributed by atoms with Crippen molar-refractivity contribution in [3.05, 3.63) is 41.2 Å². The second-order valence-electron chi connectivity index (χ2n) is 4.64. The normalized spacial score (nSPS) is 10.6. The number of aryl methyl sites for hydroxylation is 1. The average Bonchev–Trinajstić information content (AvgIpc) is 3.22. The molecule has 0 fully saturated rings. The maximum Gasteiger partial charge on any atom is 0.257 e. The maximum atomic E-state index is 12.2. The molecule has 0 unspecified atom stereocenters. The first-order chi connectivity index (χ1) is 11.7. The number of nitrogens with zero attached hydrogens (tertiary/aromatic N) is 4. The summed E-state index contributed by atoms with van der Waals surface area (Å²) in [5.41, 5.74) is 1.83. The van der Waals surface area contributed by atoms with E-state index in [9.17, 15) is 4.79 Å². The Hall–Kier alpha value is -2.46. The van der Waals surface area contributed by atoms with Crippen molar-refractivity contribution in [3.63, 3.8) is 0 Å². The predicted octanol–water partition coefficient (Wildman–Crippen LogP) is 2.78. The third-order valence-electron chi connectivity index (χ3n) is 3.04. The van der Waals surface area contributed by atoms with Crippen LogP contribution in [0.1, 0.15) is 21.7 Å². The van der Waals surface area contributed by atoms with Crippen molar-refractivity contribution in [3.8, 4) is 5.75 Å². The largest absolute Gasteiger partial charge is 0.487 e. The van der Waals surface area contributed by atoms with E-state index in [1.165, 1.54) is 23.1 Å². The zero-order valence-electron chi connectivity index (χ0n) is 12.8. The highest BCUT2D eigenvalue weighted by molar-refractivity contribution is 8.00. The van der Waals surface area contributed by atoms with Gasteiger partial charge in [-0.3, -0.25) is 10.1 Å². The molecule has 10 heteroatoms. The van der Waals surface area contributed by atoms with Crippen LogP contribution < -0.4 is 10.1 Å². The van der Waals surface area contributed by atoms with Gasteiger partial charge in [-0.15, -0.1) is 10.2 Å². The molecule has 0 saturated carbocycles. The lowest BCUT2D eigenvalue weighted by Gasteiger charge is -2.05. The van der Waals surface area contributed by atoms with Gasteiger partial charge in [0.15, 0.2) is 4.34 Å². The first-order valence-corrected chi connectivity index (χ1v) is 8.89. The third-order valence-corrected chi connectivity index (χ3v) is 4.85. The molecule has 3 aromatic rings. The van der Waals surface area contributed by atoms with Gasteiger partial charge in [0, 0.05) is 5.56 Å². The summed E-state index contributed by atoms with van der Waals surface area (Å²) in [5.74, 6) is 0.372. The van der Waals surface area contributed by atoms with Gasteiger partial charge in [0.25, 0.3) is 5.91 Å². The molecule has 0 aliphatic heterocycles. The molecule has 0 radical (unpaired) electrons. The lowest BCUT2D eigenvalue weighted by atomic mass is 10.2. The van der Waals surface area contributed by atoms with Crippen LogP contribution in [0.3, 0.4) is 0 Å². The minimum Gasteiger partial charge on any atom is -0.487 e. The van der Waals surface area contributed by atoms with Crippen molar-refractivity contribution in [1.82, 2.24) is 20.5 Å². The van der Waals surface area contributed by atoms with Crippen molar-refractivity contribution in [1.29, 1.82) is 0 Å². The SMILES string of the molecule is CSc1nnc(NC(=O)c2ccc(OCc3nonc3C)cc2)s1. The minimum absolute atomic E-state index is 0.248. The number of rotatable bonds is 6. The fraction of sp³-hybridized carbons (Fsp3) is 0.214. The van der Waals surface area contributed by atoms with Crippen molar-refractivity contribution in [2.24, 2.45) is 0 Å². The summed E-state index contributed by atoms with van der Waals surface area (Å²) in [6.45, 7) is 2.04. The molecule has 24 heavy (non-hydrogen) atoms. The van der Waals surface area contributed by atoms with Crippen LogP contribution in [-0.2, 0) is 6.61 Å². The molecule has 2 heterocycles. The number of thioether (sulfide) groups is 1. The highest BCUT2D eigenvalue weighted by Gasteiger charge is 2.11. The number of ether oxygens (including phenoxy) is 1. The lowest BCUT2D eigenvalue weighted by molar-refractivity contribution is 0.102. The quantitative estimate of drug-likeness (QED) is 0.527. The topological polar surface area (TPSA) is 103 Å². The second kappa shape index (κ2) is 7.41. The van der Waals surface area contributed by atoms with Crippen molar-refractivity contribution >= 4 is 34.1 Å². The molecule has 0 atom stereocenters. The van der Waals surface area contributed by atoms with Gasteiger partial charge in [0.1, 0.15) is 23.7 Å². The molecule has 0 bridgehead atoms. The average molecular weight is 363 g/mol. The van der Waals surface area contributed by atoms with Crippen molar-refractivity contribution < 1.29 is 14.2 Å². The van der Waals surface area contributed by atoms with Crippen LogP contribution in [0.25, 0.3) is 0 Å². The Morgan fingerprint density at radius 2 is 2.08 bits per heavy atom. The monoisotopic (exact) mass is 363 g/mol. The molecular formula is C14H13N5O3S2. The van der Waals surface area contributed by atoms with Gasteiger partial charge >= 0.3 is 0 Å². The van der Waals surface area contributed by atoms with E-state index in [1.54, 1.807) is 31.2 Å². The predicted molar refractivity (Wildman–Crippen MR) is 89.5 cm³/mol. The van der Waals surface area contributed by atoms with Crippen LogP contribution >= 0.6 is 23.1 Å². The molecule has 0 saturated heterocycles. The molecule has 1 aromatic carbocycles. The van der Waals surface area contributed by atoms with E-state index in [1.807, 2.05) is 6.26 Å². The Morgan fingerprint density at radius 1 is 1.29 bits per heavy atom. The first kappa shape index (κ1) is 16.4. The number of amides is 1. The summed E-state index contributed by atoms with van der Waals surface area (Å²) in [7, 11) is 0. The summed E-state index contributed by atoms with van der Waals surface area (Å²) in [6, 6.07) is 6.78. The smallest absolute Gasteiger partial charge is 0.257 e. The molecule has 3 rings (SSSR count). The fourth-order valence-corrected chi connectivity index (χ4v) is 2.91. The van der Waals surface area contributed by atoms with E-state index >= 15 is 0 Å². The third kappa shape index (κ3) is 3.89. The fourth-order valence-electron chi connectivity index (χ4n) is 1.75. The van der Waals surface area contributed by atoms with E-state index in [4.69, 9.17) is 4.74 Å². The van der Waals surface area contributed by atoms with E-state index in [0.29, 0.717) is 27.8 Å². The molecule has 2 aromatic heterocycles. The molecule has 1 N–H and O–H groups in total. The van der Waals surface area contributed by atoms with E-state index in [2.05, 4.69) is 30.5 Å². The summed E-state index contributed by atoms with van der Waals surface area (Å²) in [4.78, 5) is 12.2. The number of anilines is 1. The van der Waals surface area contributed by atoms with Crippen LogP contribution in [0.2, 0.25) is 0 Å². The number of carbonyl (C=O) groups excluding carboxylic acids is 1. The van der Waals surface area contributed by atoms with E-state index < -0.39 is 0 Å². The van der Waals surface area contributed by atoms with Gasteiger partial charge in [-0.1, -0.05) is 33.4 Å². The zero-order valence-corrected chi connectivity index (χ0v) is 14.5. The number of benzene rings is 1. The molecule has 0 aliphatic carbocycles. The van der Waals surface area contributed by atoms with Crippen LogP contribution in [0, 0.1) is 6.92 Å². The Kier molecular flexibility index (Phi) is 5.06. The Morgan fingerprint density at radius 3 is 2.71 bits per heavy atom. The standard InChI is InChI=1S/C14H13N5O3S2/c1-8-11(19-22-18-8)7-21-10-5-3-9(4-6-10)12(20)15-13-16-17-14(23-2)24-13/h3-6H,7H2,1-2H3,(H,15,16,20). The van der Waals surface area contributed by atoms with Gasteiger partial charge in [-0.2, -0.15) is 0 Å². The van der Waals surface area contributed by atoms with Gasteiger partial charge < -0.3 is 4.74 Å². The number of hydrogen-bond acceptors (Lipinski definition) is 9. The van der Waals surface area contributed by atoms with Crippen LogP contribution in [-0.4, -0.2) is 32.7 Å². The maximum absolute atomic E-state index is 12.2. The van der Waals surface area contributed by atoms with Crippen LogP contribution in [0.4, 0.5) is 5.13 Å². The van der Waals surface area contributed by atoms with Crippen LogP contribution in [0.15, 0.2) is 33.2 Å². The van der Waals surface area contributed by atoms with E-state index in [0.717, 1.165) is 4.34 Å². The molecule has 124 valence electrons. The molecule has 0 spiro atoms. The summed E-state index contributed by atoms with van der Waals surface area (Å²) in [6.07, 6.45) is 1.90. The number of carbonyl (C=O) groups is 1. The van der Waals surface area contributed by atoms with Crippen molar-refractivity contribution in [2.45, 2.75) is 17.9 Å². The van der Waals surface area contributed by atoms with Gasteiger partial charge in [0.05, 0.1) is 0 Å². The highest BCUT2D eigenvalue weighted by atomic mass is 32.2. The van der Waals surface area contributed by atoms with Crippen LogP contribution in [0.5, 0.6) is 5.75 Å². The van der Waals surface area contributed by atoms with Crippen molar-refractivity contribution in [2.75, 3.05) is 11.6 Å². The second-order valence-corrected chi connectivity index (χ2v) is 6.67. The highest BCUT2D eigenvalue weighted by Crippen LogP contribution is 2.23. The Balaban J connectivity index is 1.59. The zero-order chi connectivity index (χ0) is 16.9. The summed E-state index contributed by atoms with van der Waals surface area (Å²) >= 11 is 2.81. The first-order valence-electron chi connectivity index (χ1n) is 6.85. The Labute approximate surface area is 145 Å². The molecule has 8 nitrogen and oxygen atoms in total. The lowest BCUT2D eigenvalue weighted by Crippen LogP contribution is -2.11. The molecule has 0 aliphatic rings. The molecular weight excluding hydrogens is 350 g/mol. The minimum atomic E-state index is -0.248. The summed E-state index contributed by atoms with van der Waals surface area (Å²) < 4.78 is 11.0. The van der Waals surface area contributed by atoms with Gasteiger partial charge in [0.2, 0.25) is 5.13 Å². The van der Waals surface area contributed by atoms with E-state index in [-0.39, 0.29) is 12.5 Å². The van der Waals surface area contributed by atoms with Gasteiger partial charge in [-0.05, 0) is 37.4 Å². The number of nitrogens with one attached hydrogen (secondary N) is 1. The van der Waals surface area contributed by atoms with Gasteiger partial charge in [-0.25, -0.2) is 4.63 Å². The Bertz CT molecular complexity index is 831. The summed E-state index contributed by atoms with van der Waals surface area (Å²) in [5, 5.41) is 18.4. The number of hydrogen-bond donors (Lipinski definition) is 1.